The smallest absolute Gasteiger partial charge is 0.186 e. The van der Waals surface area contributed by atoms with Gasteiger partial charge in [0.2, 0.25) is 0 Å². The zero-order valence-corrected chi connectivity index (χ0v) is 13.5. The first-order valence-corrected chi connectivity index (χ1v) is 8.32. The van der Waals surface area contributed by atoms with E-state index in [4.69, 9.17) is 15.5 Å². The summed E-state index contributed by atoms with van der Waals surface area (Å²) in [5.41, 5.74) is 7.86. The summed E-state index contributed by atoms with van der Waals surface area (Å²) in [6.45, 7) is 6.28. The molecule has 0 saturated heterocycles. The fourth-order valence-electron chi connectivity index (χ4n) is 3.11. The van der Waals surface area contributed by atoms with E-state index in [-0.39, 0.29) is 11.5 Å². The molecule has 1 aromatic heterocycles. The number of methoxy groups -OCH3 is 1. The molecule has 0 spiro atoms. The summed E-state index contributed by atoms with van der Waals surface area (Å²) in [5, 5.41) is 1.16. The predicted octanol–water partition coefficient (Wildman–Crippen LogP) is 2.73. The fourth-order valence-corrected chi connectivity index (χ4v) is 4.29. The van der Waals surface area contributed by atoms with E-state index in [9.17, 15) is 0 Å². The van der Waals surface area contributed by atoms with Crippen LogP contribution in [0.15, 0.2) is 0 Å². The van der Waals surface area contributed by atoms with Gasteiger partial charge in [0, 0.05) is 30.6 Å². The Kier molecular flexibility index (Phi) is 3.77. The van der Waals surface area contributed by atoms with Crippen LogP contribution in [0.4, 0.5) is 5.13 Å². The average Bonchev–Trinajstić information content (AvgIpc) is 3.09. The van der Waals surface area contributed by atoms with Crippen molar-refractivity contribution in [1.82, 2.24) is 4.98 Å². The Labute approximate surface area is 125 Å². The minimum atomic E-state index is 0.156. The van der Waals surface area contributed by atoms with E-state index in [0.717, 1.165) is 31.1 Å². The minimum Gasteiger partial charge on any atom is -0.383 e. The van der Waals surface area contributed by atoms with Crippen LogP contribution < -0.4 is 10.6 Å². The first kappa shape index (κ1) is 14.3. The maximum atomic E-state index is 6.35. The summed E-state index contributed by atoms with van der Waals surface area (Å²) in [4.78, 5) is 8.65. The van der Waals surface area contributed by atoms with Crippen LogP contribution in [0.1, 0.15) is 49.7 Å². The number of hydrogen-bond donors (Lipinski definition) is 1. The van der Waals surface area contributed by atoms with Gasteiger partial charge >= 0.3 is 0 Å². The maximum absolute atomic E-state index is 6.35. The fraction of sp³-hybridized carbons (Fsp3) is 0.800. The molecule has 1 aromatic rings. The van der Waals surface area contributed by atoms with E-state index in [2.05, 4.69) is 18.7 Å². The molecule has 0 amide bonds. The molecule has 2 N–H and O–H groups in total. The quantitative estimate of drug-likeness (QED) is 0.907. The Balaban J connectivity index is 1.84. The molecule has 3 rings (SSSR count). The summed E-state index contributed by atoms with van der Waals surface area (Å²) >= 11 is 1.81. The van der Waals surface area contributed by atoms with Gasteiger partial charge in [-0.1, -0.05) is 25.2 Å². The first-order chi connectivity index (χ1) is 9.50. The van der Waals surface area contributed by atoms with Crippen LogP contribution >= 0.6 is 11.3 Å². The Morgan fingerprint density at radius 2 is 2.20 bits per heavy atom. The summed E-state index contributed by atoms with van der Waals surface area (Å²) in [7, 11) is 1.76. The van der Waals surface area contributed by atoms with E-state index in [1.54, 1.807) is 18.4 Å². The highest BCUT2D eigenvalue weighted by molar-refractivity contribution is 7.15. The second-order valence-electron chi connectivity index (χ2n) is 6.88. The summed E-state index contributed by atoms with van der Waals surface area (Å²) < 4.78 is 5.24. The van der Waals surface area contributed by atoms with Crippen LogP contribution in [0.2, 0.25) is 0 Å². The van der Waals surface area contributed by atoms with Gasteiger partial charge in [-0.15, -0.1) is 0 Å². The van der Waals surface area contributed by atoms with E-state index in [1.165, 1.54) is 23.4 Å². The second kappa shape index (κ2) is 5.28. The number of rotatable bonds is 5. The Morgan fingerprint density at radius 3 is 2.85 bits per heavy atom. The predicted molar refractivity (Wildman–Crippen MR) is 83.4 cm³/mol. The van der Waals surface area contributed by atoms with Gasteiger partial charge in [-0.25, -0.2) is 4.98 Å². The summed E-state index contributed by atoms with van der Waals surface area (Å²) in [6.07, 6.45) is 4.68. The molecule has 0 aliphatic heterocycles. The van der Waals surface area contributed by atoms with Crippen molar-refractivity contribution in [2.75, 3.05) is 25.2 Å². The molecule has 0 aromatic carbocycles. The second-order valence-corrected chi connectivity index (χ2v) is 7.89. The van der Waals surface area contributed by atoms with Gasteiger partial charge in [-0.3, -0.25) is 0 Å². The molecule has 1 fully saturated rings. The summed E-state index contributed by atoms with van der Waals surface area (Å²) in [5.74, 6) is 0. The number of hydrogen-bond acceptors (Lipinski definition) is 5. The Hall–Kier alpha value is -0.650. The molecule has 1 heterocycles. The average molecular weight is 295 g/mol. The van der Waals surface area contributed by atoms with E-state index in [1.807, 2.05) is 0 Å². The number of nitrogens with zero attached hydrogens (tertiary/aromatic N) is 2. The number of thiazole rings is 1. The molecule has 0 bridgehead atoms. The molecule has 0 radical (unpaired) electrons. The molecule has 1 unspecified atom stereocenters. The van der Waals surface area contributed by atoms with Crippen molar-refractivity contribution in [2.24, 2.45) is 11.1 Å². The van der Waals surface area contributed by atoms with Crippen molar-refractivity contribution < 1.29 is 4.74 Å². The monoisotopic (exact) mass is 295 g/mol. The molecule has 5 heteroatoms. The number of anilines is 1. The number of aromatic nitrogens is 1. The molecule has 1 atom stereocenters. The summed E-state index contributed by atoms with van der Waals surface area (Å²) in [6, 6.07) is 0.825. The van der Waals surface area contributed by atoms with Crippen LogP contribution in [0, 0.1) is 5.41 Å². The van der Waals surface area contributed by atoms with Gasteiger partial charge in [0.25, 0.3) is 0 Å². The molecule has 112 valence electrons. The SMILES string of the molecule is COCCN(c1nc2c(s1)C(N)CC(C)(C)C2)C1CC1. The van der Waals surface area contributed by atoms with Crippen molar-refractivity contribution in [2.45, 2.75) is 51.6 Å². The topological polar surface area (TPSA) is 51.4 Å². The van der Waals surface area contributed by atoms with Crippen molar-refractivity contribution >= 4 is 16.5 Å². The molecule has 20 heavy (non-hydrogen) atoms. The van der Waals surface area contributed by atoms with Gasteiger partial charge in [0.15, 0.2) is 5.13 Å². The van der Waals surface area contributed by atoms with Crippen molar-refractivity contribution in [1.29, 1.82) is 0 Å². The highest BCUT2D eigenvalue weighted by Gasteiger charge is 2.36. The normalized spacial score (nSPS) is 24.5. The van der Waals surface area contributed by atoms with Crippen LogP contribution in [-0.4, -0.2) is 31.3 Å². The zero-order chi connectivity index (χ0) is 14.3. The van der Waals surface area contributed by atoms with Gasteiger partial charge in [0.1, 0.15) is 0 Å². The number of fused-ring (bicyclic) bond motifs is 1. The molecule has 1 saturated carbocycles. The first-order valence-electron chi connectivity index (χ1n) is 7.51. The van der Waals surface area contributed by atoms with Gasteiger partial charge in [0.05, 0.1) is 12.3 Å². The molecule has 2 aliphatic carbocycles. The van der Waals surface area contributed by atoms with Crippen LogP contribution in [0.5, 0.6) is 0 Å². The molecular formula is C15H25N3OS. The zero-order valence-electron chi connectivity index (χ0n) is 12.7. The Bertz CT molecular complexity index is 481. The van der Waals surface area contributed by atoms with Crippen LogP contribution in [-0.2, 0) is 11.2 Å². The van der Waals surface area contributed by atoms with E-state index >= 15 is 0 Å². The molecule has 2 aliphatic rings. The third-order valence-corrected chi connectivity index (χ3v) is 5.51. The van der Waals surface area contributed by atoms with Crippen molar-refractivity contribution in [3.8, 4) is 0 Å². The third kappa shape index (κ3) is 2.85. The maximum Gasteiger partial charge on any atom is 0.186 e. The van der Waals surface area contributed by atoms with E-state index in [0.29, 0.717) is 6.04 Å². The lowest BCUT2D eigenvalue weighted by molar-refractivity contribution is 0.205. The van der Waals surface area contributed by atoms with Gasteiger partial charge in [-0.05, 0) is 31.1 Å². The lowest BCUT2D eigenvalue weighted by atomic mass is 9.77. The molecular weight excluding hydrogens is 270 g/mol. The minimum absolute atomic E-state index is 0.156. The molecule has 4 nitrogen and oxygen atoms in total. The Morgan fingerprint density at radius 1 is 1.45 bits per heavy atom. The lowest BCUT2D eigenvalue weighted by Crippen LogP contribution is -2.29. The van der Waals surface area contributed by atoms with Gasteiger partial charge in [-0.2, -0.15) is 0 Å². The van der Waals surface area contributed by atoms with Crippen LogP contribution in [0.25, 0.3) is 0 Å². The lowest BCUT2D eigenvalue weighted by Gasteiger charge is -2.32. The standard InChI is InChI=1S/C15H25N3OS/c1-15(2)8-11(16)13-12(9-15)17-14(20-13)18(6-7-19-3)10-4-5-10/h10-11H,4-9,16H2,1-3H3. The highest BCUT2D eigenvalue weighted by atomic mass is 32.1. The van der Waals surface area contributed by atoms with Crippen molar-refractivity contribution in [3.63, 3.8) is 0 Å². The number of nitrogens with two attached hydrogens (primary N) is 1. The highest BCUT2D eigenvalue weighted by Crippen LogP contribution is 2.45. The van der Waals surface area contributed by atoms with E-state index < -0.39 is 0 Å². The third-order valence-electron chi connectivity index (χ3n) is 4.24. The van der Waals surface area contributed by atoms with Crippen molar-refractivity contribution in [3.05, 3.63) is 10.6 Å². The largest absolute Gasteiger partial charge is 0.383 e. The number of ether oxygens (including phenoxy) is 1. The van der Waals surface area contributed by atoms with Crippen LogP contribution in [0.3, 0.4) is 0 Å². The van der Waals surface area contributed by atoms with Gasteiger partial charge < -0.3 is 15.4 Å².